The zero-order chi connectivity index (χ0) is 15.1. The third-order valence-corrected chi connectivity index (χ3v) is 2.97. The molecule has 0 bridgehead atoms. The van der Waals surface area contributed by atoms with Crippen LogP contribution in [-0.4, -0.2) is 19.1 Å². The molecule has 1 amide bonds. The van der Waals surface area contributed by atoms with Crippen LogP contribution >= 0.6 is 0 Å². The van der Waals surface area contributed by atoms with Gasteiger partial charge in [0, 0.05) is 12.2 Å². The molecule has 0 unspecified atom stereocenters. The lowest BCUT2D eigenvalue weighted by molar-refractivity contribution is -0.115. The lowest BCUT2D eigenvalue weighted by atomic mass is 10.1. The summed E-state index contributed by atoms with van der Waals surface area (Å²) in [7, 11) is 0. The van der Waals surface area contributed by atoms with Crippen molar-refractivity contribution >= 4 is 11.6 Å². The number of rotatable bonds is 6. The van der Waals surface area contributed by atoms with Crippen LogP contribution in [0.25, 0.3) is 0 Å². The van der Waals surface area contributed by atoms with Gasteiger partial charge in [-0.3, -0.25) is 4.79 Å². The highest BCUT2D eigenvalue weighted by atomic mass is 16.5. The third-order valence-electron chi connectivity index (χ3n) is 2.97. The van der Waals surface area contributed by atoms with Crippen LogP contribution in [0.5, 0.6) is 5.75 Å². The fourth-order valence-corrected chi connectivity index (χ4v) is 2.02. The van der Waals surface area contributed by atoms with E-state index in [1.54, 1.807) is 0 Å². The second-order valence-corrected chi connectivity index (χ2v) is 4.88. The smallest absolute Gasteiger partial charge is 0.228 e. The first-order valence-corrected chi connectivity index (χ1v) is 6.96. The number of anilines is 1. The monoisotopic (exact) mass is 284 g/mol. The Balaban J connectivity index is 1.90. The van der Waals surface area contributed by atoms with Crippen LogP contribution in [0.15, 0.2) is 48.5 Å². The first-order valence-electron chi connectivity index (χ1n) is 6.96. The zero-order valence-corrected chi connectivity index (χ0v) is 12.1. The van der Waals surface area contributed by atoms with Gasteiger partial charge in [-0.1, -0.05) is 29.8 Å². The van der Waals surface area contributed by atoms with Crippen LogP contribution in [0.1, 0.15) is 11.1 Å². The van der Waals surface area contributed by atoms with E-state index in [9.17, 15) is 4.79 Å². The van der Waals surface area contributed by atoms with Crippen LogP contribution in [0.2, 0.25) is 0 Å². The van der Waals surface area contributed by atoms with Crippen molar-refractivity contribution in [3.05, 3.63) is 59.7 Å². The minimum absolute atomic E-state index is 0.0313. The fraction of sp³-hybridized carbons (Fsp3) is 0.235. The Kier molecular flexibility index (Phi) is 5.35. The topological polar surface area (TPSA) is 64.3 Å². The number of nitrogens with one attached hydrogen (secondary N) is 1. The van der Waals surface area contributed by atoms with E-state index < -0.39 is 0 Å². The Morgan fingerprint density at radius 1 is 1.19 bits per heavy atom. The van der Waals surface area contributed by atoms with E-state index in [0.29, 0.717) is 19.6 Å². The molecule has 0 aliphatic rings. The third kappa shape index (κ3) is 4.93. The number of ether oxygens (including phenoxy) is 1. The normalized spacial score (nSPS) is 10.2. The lowest BCUT2D eigenvalue weighted by Gasteiger charge is -2.08. The molecule has 110 valence electrons. The molecular formula is C17H20N2O2. The highest BCUT2D eigenvalue weighted by molar-refractivity contribution is 5.92. The zero-order valence-electron chi connectivity index (χ0n) is 12.1. The predicted octanol–water partition coefficient (Wildman–Crippen LogP) is 2.51. The molecular weight excluding hydrogens is 264 g/mol. The fourth-order valence-electron chi connectivity index (χ4n) is 2.02. The van der Waals surface area contributed by atoms with Gasteiger partial charge in [0.2, 0.25) is 5.91 Å². The number of benzene rings is 2. The SMILES string of the molecule is Cc1cccc(CC(=O)Nc2ccc(OCCN)cc2)c1. The molecule has 2 aromatic rings. The second-order valence-electron chi connectivity index (χ2n) is 4.88. The summed E-state index contributed by atoms with van der Waals surface area (Å²) in [5.74, 6) is 0.716. The summed E-state index contributed by atoms with van der Waals surface area (Å²) >= 11 is 0. The van der Waals surface area contributed by atoms with Crippen molar-refractivity contribution in [2.75, 3.05) is 18.5 Å². The number of aryl methyl sites for hydroxylation is 1. The van der Waals surface area contributed by atoms with Gasteiger partial charge in [-0.15, -0.1) is 0 Å². The van der Waals surface area contributed by atoms with Gasteiger partial charge < -0.3 is 15.8 Å². The number of nitrogens with two attached hydrogens (primary N) is 1. The maximum Gasteiger partial charge on any atom is 0.228 e. The molecule has 2 rings (SSSR count). The maximum atomic E-state index is 12.0. The molecule has 2 aromatic carbocycles. The van der Waals surface area contributed by atoms with Crippen molar-refractivity contribution in [2.24, 2.45) is 5.73 Å². The highest BCUT2D eigenvalue weighted by Crippen LogP contribution is 2.16. The van der Waals surface area contributed by atoms with Crippen molar-refractivity contribution in [3.8, 4) is 5.75 Å². The van der Waals surface area contributed by atoms with E-state index in [0.717, 1.165) is 22.6 Å². The van der Waals surface area contributed by atoms with E-state index in [1.165, 1.54) is 0 Å². The van der Waals surface area contributed by atoms with Crippen molar-refractivity contribution < 1.29 is 9.53 Å². The number of amides is 1. The van der Waals surface area contributed by atoms with E-state index in [-0.39, 0.29) is 5.91 Å². The van der Waals surface area contributed by atoms with Gasteiger partial charge in [-0.2, -0.15) is 0 Å². The maximum absolute atomic E-state index is 12.0. The molecule has 21 heavy (non-hydrogen) atoms. The Bertz CT molecular complexity index is 594. The standard InChI is InChI=1S/C17H20N2O2/c1-13-3-2-4-14(11-13)12-17(20)19-15-5-7-16(8-6-15)21-10-9-18/h2-8,11H,9-10,12,18H2,1H3,(H,19,20). The Morgan fingerprint density at radius 3 is 2.62 bits per heavy atom. The molecule has 0 heterocycles. The van der Waals surface area contributed by atoms with Crippen LogP contribution in [0, 0.1) is 6.92 Å². The molecule has 0 radical (unpaired) electrons. The van der Waals surface area contributed by atoms with Gasteiger partial charge in [-0.05, 0) is 36.8 Å². The summed E-state index contributed by atoms with van der Waals surface area (Å²) in [4.78, 5) is 12.0. The van der Waals surface area contributed by atoms with Crippen molar-refractivity contribution in [1.29, 1.82) is 0 Å². The second kappa shape index (κ2) is 7.45. The molecule has 0 aromatic heterocycles. The molecule has 0 saturated carbocycles. The van der Waals surface area contributed by atoms with Crippen molar-refractivity contribution in [2.45, 2.75) is 13.3 Å². The van der Waals surface area contributed by atoms with Gasteiger partial charge in [-0.25, -0.2) is 0 Å². The van der Waals surface area contributed by atoms with Gasteiger partial charge in [0.05, 0.1) is 6.42 Å². The average Bonchev–Trinajstić information content (AvgIpc) is 2.46. The van der Waals surface area contributed by atoms with Crippen LogP contribution in [0.4, 0.5) is 5.69 Å². The summed E-state index contributed by atoms with van der Waals surface area (Å²) < 4.78 is 5.39. The minimum Gasteiger partial charge on any atom is -0.492 e. The van der Waals surface area contributed by atoms with Crippen molar-refractivity contribution in [1.82, 2.24) is 0 Å². The summed E-state index contributed by atoms with van der Waals surface area (Å²) in [5.41, 5.74) is 8.30. The van der Waals surface area contributed by atoms with Crippen LogP contribution in [0.3, 0.4) is 0 Å². The van der Waals surface area contributed by atoms with Gasteiger partial charge in [0.1, 0.15) is 12.4 Å². The summed E-state index contributed by atoms with van der Waals surface area (Å²) in [5, 5.41) is 2.87. The predicted molar refractivity (Wildman–Crippen MR) is 84.5 cm³/mol. The quantitative estimate of drug-likeness (QED) is 0.856. The van der Waals surface area contributed by atoms with Gasteiger partial charge in [0.15, 0.2) is 0 Å². The van der Waals surface area contributed by atoms with Gasteiger partial charge in [0.25, 0.3) is 0 Å². The minimum atomic E-state index is -0.0313. The summed E-state index contributed by atoms with van der Waals surface area (Å²) in [6.45, 7) is 2.98. The molecule has 0 aliphatic heterocycles. The Hall–Kier alpha value is -2.33. The molecule has 0 spiro atoms. The molecule has 0 aliphatic carbocycles. The first-order chi connectivity index (χ1) is 10.2. The van der Waals surface area contributed by atoms with Gasteiger partial charge >= 0.3 is 0 Å². The molecule has 0 fully saturated rings. The van der Waals surface area contributed by atoms with E-state index in [2.05, 4.69) is 5.32 Å². The average molecular weight is 284 g/mol. The largest absolute Gasteiger partial charge is 0.492 e. The summed E-state index contributed by atoms with van der Waals surface area (Å²) in [6.07, 6.45) is 0.368. The molecule has 3 N–H and O–H groups in total. The van der Waals surface area contributed by atoms with Crippen LogP contribution in [-0.2, 0) is 11.2 Å². The number of hydrogen-bond donors (Lipinski definition) is 2. The van der Waals surface area contributed by atoms with Crippen molar-refractivity contribution in [3.63, 3.8) is 0 Å². The first kappa shape index (κ1) is 15.1. The summed E-state index contributed by atoms with van der Waals surface area (Å²) in [6, 6.07) is 15.2. The highest BCUT2D eigenvalue weighted by Gasteiger charge is 2.04. The number of carbonyl (C=O) groups is 1. The van der Waals surface area contributed by atoms with E-state index in [4.69, 9.17) is 10.5 Å². The number of carbonyl (C=O) groups excluding carboxylic acids is 1. The molecule has 4 heteroatoms. The Labute approximate surface area is 124 Å². The van der Waals surface area contributed by atoms with E-state index >= 15 is 0 Å². The number of hydrogen-bond acceptors (Lipinski definition) is 3. The molecule has 0 atom stereocenters. The lowest BCUT2D eigenvalue weighted by Crippen LogP contribution is -2.14. The Morgan fingerprint density at radius 2 is 1.95 bits per heavy atom. The van der Waals surface area contributed by atoms with E-state index in [1.807, 2.05) is 55.5 Å². The van der Waals surface area contributed by atoms with Crippen LogP contribution < -0.4 is 15.8 Å². The molecule has 4 nitrogen and oxygen atoms in total. The molecule has 0 saturated heterocycles.